The summed E-state index contributed by atoms with van der Waals surface area (Å²) in [5.41, 5.74) is 0.154. The first-order chi connectivity index (χ1) is 13.0. The van der Waals surface area contributed by atoms with Crippen LogP contribution in [0, 0.1) is 11.3 Å². The Morgan fingerprint density at radius 3 is 2.81 bits per heavy atom. The molecule has 2 heterocycles. The lowest BCUT2D eigenvalue weighted by atomic mass is 10.2. The molecular weight excluding hydrogens is 408 g/mol. The first kappa shape index (κ1) is 19.0. The molecule has 1 atom stereocenters. The molecule has 0 fully saturated rings. The van der Waals surface area contributed by atoms with Crippen LogP contribution in [-0.4, -0.2) is 46.6 Å². The third-order valence-corrected chi connectivity index (χ3v) is 4.44. The van der Waals surface area contributed by atoms with Gasteiger partial charge in [0.25, 0.3) is 5.88 Å². The highest BCUT2D eigenvalue weighted by atomic mass is 79.9. The number of fused-ring (bicyclic) bond motifs is 1. The predicted octanol–water partition coefficient (Wildman–Crippen LogP) is 3.73. The van der Waals surface area contributed by atoms with E-state index in [0.717, 1.165) is 15.2 Å². The highest BCUT2D eigenvalue weighted by Gasteiger charge is 2.14. The standard InChI is InChI=1S/C19H19BrN6O/c1-12(11-26(2)3)27-19-16(8-21)22-10-18(25-19)24-17-7-13-5-4-6-15(20)14(13)9-23-17/h4-7,9-10,12H,11H2,1-3H3,(H,23,24,25). The van der Waals surface area contributed by atoms with E-state index in [1.54, 1.807) is 6.20 Å². The zero-order valence-corrected chi connectivity index (χ0v) is 16.9. The van der Waals surface area contributed by atoms with Gasteiger partial charge >= 0.3 is 0 Å². The molecular formula is C19H19BrN6O. The number of hydrogen-bond donors (Lipinski definition) is 1. The number of likely N-dealkylation sites (N-methyl/N-ethyl adjacent to an activating group) is 1. The summed E-state index contributed by atoms with van der Waals surface area (Å²) in [5.74, 6) is 1.30. The van der Waals surface area contributed by atoms with Gasteiger partial charge in [0.15, 0.2) is 5.82 Å². The molecule has 0 spiro atoms. The van der Waals surface area contributed by atoms with Gasteiger partial charge in [-0.1, -0.05) is 28.1 Å². The van der Waals surface area contributed by atoms with Crippen LogP contribution < -0.4 is 10.1 Å². The Kier molecular flexibility index (Phi) is 5.84. The second-order valence-electron chi connectivity index (χ2n) is 6.37. The molecule has 138 valence electrons. The van der Waals surface area contributed by atoms with Crippen LogP contribution in [0.25, 0.3) is 10.8 Å². The molecule has 27 heavy (non-hydrogen) atoms. The van der Waals surface area contributed by atoms with Crippen molar-refractivity contribution in [3.8, 4) is 11.9 Å². The summed E-state index contributed by atoms with van der Waals surface area (Å²) in [6, 6.07) is 9.89. The molecule has 0 amide bonds. The van der Waals surface area contributed by atoms with Crippen LogP contribution >= 0.6 is 15.9 Å². The van der Waals surface area contributed by atoms with E-state index in [2.05, 4.69) is 36.2 Å². The van der Waals surface area contributed by atoms with E-state index in [1.807, 2.05) is 56.3 Å². The van der Waals surface area contributed by atoms with Crippen LogP contribution in [0.5, 0.6) is 5.88 Å². The van der Waals surface area contributed by atoms with Gasteiger partial charge in [0.1, 0.15) is 18.0 Å². The topological polar surface area (TPSA) is 87.0 Å². The molecule has 2 aromatic heterocycles. The van der Waals surface area contributed by atoms with Crippen molar-refractivity contribution in [3.63, 3.8) is 0 Å². The fourth-order valence-corrected chi connectivity index (χ4v) is 3.15. The first-order valence-electron chi connectivity index (χ1n) is 8.36. The van der Waals surface area contributed by atoms with Crippen LogP contribution in [-0.2, 0) is 0 Å². The normalized spacial score (nSPS) is 12.0. The molecule has 0 aliphatic rings. The minimum Gasteiger partial charge on any atom is -0.471 e. The molecule has 0 aliphatic heterocycles. The minimum atomic E-state index is -0.132. The maximum Gasteiger partial charge on any atom is 0.253 e. The van der Waals surface area contributed by atoms with Gasteiger partial charge in [-0.15, -0.1) is 0 Å². The Hall–Kier alpha value is -2.76. The number of rotatable bonds is 6. The van der Waals surface area contributed by atoms with E-state index in [0.29, 0.717) is 18.2 Å². The third kappa shape index (κ3) is 4.70. The number of anilines is 2. The van der Waals surface area contributed by atoms with E-state index in [1.165, 1.54) is 6.20 Å². The van der Waals surface area contributed by atoms with E-state index in [9.17, 15) is 5.26 Å². The van der Waals surface area contributed by atoms with Crippen LogP contribution in [0.15, 0.2) is 41.1 Å². The number of nitrogens with zero attached hydrogens (tertiary/aromatic N) is 5. The second-order valence-corrected chi connectivity index (χ2v) is 7.22. The number of hydrogen-bond acceptors (Lipinski definition) is 7. The first-order valence-corrected chi connectivity index (χ1v) is 9.15. The summed E-state index contributed by atoms with van der Waals surface area (Å²) in [5, 5.41) is 14.4. The predicted molar refractivity (Wildman–Crippen MR) is 108 cm³/mol. The molecule has 1 unspecified atom stereocenters. The Balaban J connectivity index is 1.85. The summed E-state index contributed by atoms with van der Waals surface area (Å²) in [7, 11) is 3.91. The summed E-state index contributed by atoms with van der Waals surface area (Å²) in [6.45, 7) is 2.62. The SMILES string of the molecule is CC(CN(C)C)Oc1nc(Nc2cc3cccc(Br)c3cn2)cnc1C#N. The Morgan fingerprint density at radius 2 is 2.07 bits per heavy atom. The van der Waals surface area contributed by atoms with Crippen LogP contribution in [0.2, 0.25) is 0 Å². The Morgan fingerprint density at radius 1 is 1.26 bits per heavy atom. The number of nitrogens with one attached hydrogen (secondary N) is 1. The molecule has 1 N–H and O–H groups in total. The van der Waals surface area contributed by atoms with Crippen molar-refractivity contribution in [2.75, 3.05) is 26.0 Å². The molecule has 7 nitrogen and oxygen atoms in total. The smallest absolute Gasteiger partial charge is 0.253 e. The lowest BCUT2D eigenvalue weighted by Gasteiger charge is -2.18. The van der Waals surface area contributed by atoms with Crippen LogP contribution in [0.1, 0.15) is 12.6 Å². The van der Waals surface area contributed by atoms with Gasteiger partial charge in [-0.05, 0) is 38.5 Å². The zero-order chi connectivity index (χ0) is 19.4. The number of nitriles is 1. The van der Waals surface area contributed by atoms with Gasteiger partial charge in [-0.3, -0.25) is 0 Å². The highest BCUT2D eigenvalue weighted by Crippen LogP contribution is 2.26. The lowest BCUT2D eigenvalue weighted by molar-refractivity contribution is 0.169. The largest absolute Gasteiger partial charge is 0.471 e. The highest BCUT2D eigenvalue weighted by molar-refractivity contribution is 9.10. The van der Waals surface area contributed by atoms with Gasteiger partial charge in [-0.25, -0.2) is 9.97 Å². The molecule has 0 saturated carbocycles. The molecule has 1 aromatic carbocycles. The quantitative estimate of drug-likeness (QED) is 0.642. The van der Waals surface area contributed by atoms with Crippen molar-refractivity contribution >= 4 is 38.3 Å². The summed E-state index contributed by atoms with van der Waals surface area (Å²) in [6.07, 6.45) is 3.15. The van der Waals surface area contributed by atoms with E-state index in [-0.39, 0.29) is 17.7 Å². The van der Waals surface area contributed by atoms with E-state index >= 15 is 0 Å². The summed E-state index contributed by atoms with van der Waals surface area (Å²) < 4.78 is 6.80. The lowest BCUT2D eigenvalue weighted by Crippen LogP contribution is -2.28. The van der Waals surface area contributed by atoms with Gasteiger partial charge in [-0.2, -0.15) is 10.2 Å². The van der Waals surface area contributed by atoms with Crippen molar-refractivity contribution in [3.05, 3.63) is 46.8 Å². The van der Waals surface area contributed by atoms with E-state index < -0.39 is 0 Å². The van der Waals surface area contributed by atoms with Crippen molar-refractivity contribution in [2.45, 2.75) is 13.0 Å². The van der Waals surface area contributed by atoms with E-state index in [4.69, 9.17) is 4.74 Å². The van der Waals surface area contributed by atoms with Crippen molar-refractivity contribution in [1.82, 2.24) is 19.9 Å². The molecule has 0 radical (unpaired) electrons. The summed E-state index contributed by atoms with van der Waals surface area (Å²) in [4.78, 5) is 15.0. The molecule has 3 aromatic rings. The summed E-state index contributed by atoms with van der Waals surface area (Å²) >= 11 is 3.52. The van der Waals surface area contributed by atoms with Crippen LogP contribution in [0.4, 0.5) is 11.6 Å². The van der Waals surface area contributed by atoms with Crippen LogP contribution in [0.3, 0.4) is 0 Å². The molecule has 0 saturated heterocycles. The number of pyridine rings is 1. The van der Waals surface area contributed by atoms with Gasteiger partial charge in [0.2, 0.25) is 5.69 Å². The average Bonchev–Trinajstić information content (AvgIpc) is 2.61. The fraction of sp³-hybridized carbons (Fsp3) is 0.263. The maximum absolute atomic E-state index is 9.26. The van der Waals surface area contributed by atoms with Gasteiger partial charge in [0, 0.05) is 22.6 Å². The number of aromatic nitrogens is 3. The fourth-order valence-electron chi connectivity index (χ4n) is 2.67. The van der Waals surface area contributed by atoms with Gasteiger partial charge < -0.3 is 15.0 Å². The van der Waals surface area contributed by atoms with Crippen molar-refractivity contribution in [1.29, 1.82) is 5.26 Å². The third-order valence-electron chi connectivity index (χ3n) is 3.75. The van der Waals surface area contributed by atoms with Crippen molar-refractivity contribution < 1.29 is 4.74 Å². The minimum absolute atomic E-state index is 0.132. The van der Waals surface area contributed by atoms with Crippen molar-refractivity contribution in [2.24, 2.45) is 0 Å². The maximum atomic E-state index is 9.26. The molecule has 0 aliphatic carbocycles. The number of benzene rings is 1. The Bertz CT molecular complexity index is 1000. The number of halogens is 1. The number of ether oxygens (including phenoxy) is 1. The monoisotopic (exact) mass is 426 g/mol. The Labute approximate surface area is 166 Å². The average molecular weight is 427 g/mol. The molecule has 0 bridgehead atoms. The zero-order valence-electron chi connectivity index (χ0n) is 15.3. The molecule has 3 rings (SSSR count). The molecule has 8 heteroatoms. The second kappa shape index (κ2) is 8.29. The van der Waals surface area contributed by atoms with Gasteiger partial charge in [0.05, 0.1) is 6.20 Å².